The number of hydrogen-bond acceptors (Lipinski definition) is 3. The first-order valence-corrected chi connectivity index (χ1v) is 5.47. The number of rotatable bonds is 5. The van der Waals surface area contributed by atoms with E-state index in [1.165, 1.54) is 0 Å². The van der Waals surface area contributed by atoms with Gasteiger partial charge in [-0.3, -0.25) is 0 Å². The molecule has 16 heavy (non-hydrogen) atoms. The first-order chi connectivity index (χ1) is 7.15. The van der Waals surface area contributed by atoms with Gasteiger partial charge in [-0.1, -0.05) is 18.0 Å². The molecule has 5 N–H and O–H groups in total. The molecule has 92 valence electrons. The number of hydrogen-bond donors (Lipinski definition) is 3. The summed E-state index contributed by atoms with van der Waals surface area (Å²) in [6, 6.07) is 4.76. The number of phenols is 1. The smallest absolute Gasteiger partial charge is 0.120 e. The normalized spacial score (nSPS) is 11.9. The van der Waals surface area contributed by atoms with Crippen molar-refractivity contribution in [3.8, 4) is 5.75 Å². The Labute approximate surface area is 107 Å². The van der Waals surface area contributed by atoms with Crippen molar-refractivity contribution in [1.82, 2.24) is 0 Å². The van der Waals surface area contributed by atoms with Crippen LogP contribution in [0.15, 0.2) is 18.2 Å². The Hall–Kier alpha value is -0.480. The van der Waals surface area contributed by atoms with Crippen LogP contribution in [-0.4, -0.2) is 11.7 Å². The molecule has 0 spiro atoms. The predicted molar refractivity (Wildman–Crippen MR) is 70.2 cm³/mol. The number of nitrogens with two attached hydrogens (primary N) is 2. The summed E-state index contributed by atoms with van der Waals surface area (Å²) in [6.07, 6.45) is 2.73. The number of halogens is 2. The monoisotopic (exact) mass is 264 g/mol. The predicted octanol–water partition coefficient (Wildman–Crippen LogP) is 2.60. The molecule has 0 amide bonds. The van der Waals surface area contributed by atoms with Gasteiger partial charge in [0.2, 0.25) is 0 Å². The van der Waals surface area contributed by atoms with Crippen LogP contribution < -0.4 is 11.5 Å². The van der Waals surface area contributed by atoms with E-state index in [2.05, 4.69) is 0 Å². The Bertz CT molecular complexity index is 321. The van der Waals surface area contributed by atoms with Crippen LogP contribution in [0.1, 0.15) is 30.9 Å². The fourth-order valence-electron chi connectivity index (χ4n) is 1.49. The first kappa shape index (κ1) is 15.5. The molecule has 1 atom stereocenters. The second kappa shape index (κ2) is 7.74. The highest BCUT2D eigenvalue weighted by molar-refractivity contribution is 6.30. The molecule has 3 nitrogen and oxygen atoms in total. The zero-order chi connectivity index (χ0) is 11.3. The third-order valence-electron chi connectivity index (χ3n) is 2.36. The van der Waals surface area contributed by atoms with Gasteiger partial charge in [-0.25, -0.2) is 0 Å². The maximum absolute atomic E-state index is 9.60. The van der Waals surface area contributed by atoms with Gasteiger partial charge in [0.25, 0.3) is 0 Å². The highest BCUT2D eigenvalue weighted by atomic mass is 35.5. The number of benzene rings is 1. The van der Waals surface area contributed by atoms with Crippen LogP contribution in [0.4, 0.5) is 0 Å². The molecule has 0 saturated heterocycles. The van der Waals surface area contributed by atoms with E-state index in [9.17, 15) is 5.11 Å². The minimum Gasteiger partial charge on any atom is -0.508 e. The fraction of sp³-hybridized carbons (Fsp3) is 0.455. The topological polar surface area (TPSA) is 72.3 Å². The van der Waals surface area contributed by atoms with Crippen LogP contribution in [0, 0.1) is 0 Å². The van der Waals surface area contributed by atoms with Crippen molar-refractivity contribution in [1.29, 1.82) is 0 Å². The average molecular weight is 265 g/mol. The van der Waals surface area contributed by atoms with Gasteiger partial charge in [0.1, 0.15) is 5.75 Å². The lowest BCUT2D eigenvalue weighted by atomic mass is 10.0. The second-order valence-electron chi connectivity index (χ2n) is 3.59. The van der Waals surface area contributed by atoms with Crippen LogP contribution >= 0.6 is 24.0 Å². The van der Waals surface area contributed by atoms with Crippen molar-refractivity contribution < 1.29 is 5.11 Å². The van der Waals surface area contributed by atoms with Gasteiger partial charge in [-0.2, -0.15) is 0 Å². The summed E-state index contributed by atoms with van der Waals surface area (Å²) >= 11 is 5.84. The standard InChI is InChI=1S/C11H17ClN2O.ClH/c12-8-4-5-11(15)9(7-8)10(14)3-1-2-6-13;/h4-5,7,10,15H,1-3,6,13-14H2;1H/t10-;/m0./s1. The van der Waals surface area contributed by atoms with Gasteiger partial charge in [0, 0.05) is 16.6 Å². The van der Waals surface area contributed by atoms with E-state index in [-0.39, 0.29) is 24.2 Å². The maximum atomic E-state index is 9.60. The zero-order valence-corrected chi connectivity index (χ0v) is 10.6. The lowest BCUT2D eigenvalue weighted by Crippen LogP contribution is -2.11. The molecule has 0 radical (unpaired) electrons. The fourth-order valence-corrected chi connectivity index (χ4v) is 1.67. The van der Waals surface area contributed by atoms with Gasteiger partial charge >= 0.3 is 0 Å². The van der Waals surface area contributed by atoms with E-state index in [1.54, 1.807) is 18.2 Å². The largest absolute Gasteiger partial charge is 0.508 e. The molecule has 0 aliphatic carbocycles. The molecule has 5 heteroatoms. The van der Waals surface area contributed by atoms with Crippen LogP contribution in [-0.2, 0) is 0 Å². The molecule has 0 fully saturated rings. The van der Waals surface area contributed by atoms with Crippen molar-refractivity contribution in [2.45, 2.75) is 25.3 Å². The summed E-state index contributed by atoms with van der Waals surface area (Å²) in [5.74, 6) is 0.208. The summed E-state index contributed by atoms with van der Waals surface area (Å²) in [6.45, 7) is 0.675. The highest BCUT2D eigenvalue weighted by Gasteiger charge is 2.10. The molecule has 0 unspecified atom stereocenters. The molecule has 0 saturated carbocycles. The SMILES string of the molecule is Cl.NCCCC[C@H](N)c1cc(Cl)ccc1O. The lowest BCUT2D eigenvalue weighted by Gasteiger charge is -2.13. The number of phenolic OH excluding ortho intramolecular Hbond substituents is 1. The molecular formula is C11H18Cl2N2O. The van der Waals surface area contributed by atoms with E-state index in [0.29, 0.717) is 17.1 Å². The number of aromatic hydroxyl groups is 1. The van der Waals surface area contributed by atoms with Crippen LogP contribution in [0.5, 0.6) is 5.75 Å². The Morgan fingerprint density at radius 3 is 2.62 bits per heavy atom. The minimum atomic E-state index is -0.171. The molecule has 0 aliphatic rings. The van der Waals surface area contributed by atoms with Gasteiger partial charge in [0.05, 0.1) is 0 Å². The molecule has 0 bridgehead atoms. The summed E-state index contributed by atoms with van der Waals surface area (Å²) < 4.78 is 0. The zero-order valence-electron chi connectivity index (χ0n) is 9.03. The Kier molecular flexibility index (Phi) is 7.51. The molecule has 1 aromatic carbocycles. The first-order valence-electron chi connectivity index (χ1n) is 5.09. The molecule has 0 aliphatic heterocycles. The van der Waals surface area contributed by atoms with Crippen molar-refractivity contribution in [2.24, 2.45) is 11.5 Å². The maximum Gasteiger partial charge on any atom is 0.120 e. The van der Waals surface area contributed by atoms with Gasteiger partial charge in [0.15, 0.2) is 0 Å². The third kappa shape index (κ3) is 4.58. The Morgan fingerprint density at radius 1 is 1.31 bits per heavy atom. The van der Waals surface area contributed by atoms with E-state index in [1.807, 2.05) is 0 Å². The molecule has 0 aromatic heterocycles. The van der Waals surface area contributed by atoms with Crippen LogP contribution in [0.25, 0.3) is 0 Å². The summed E-state index contributed by atoms with van der Waals surface area (Å²) in [5, 5.41) is 10.2. The number of unbranched alkanes of at least 4 members (excludes halogenated alkanes) is 1. The summed E-state index contributed by atoms with van der Waals surface area (Å²) in [5.41, 5.74) is 12.1. The average Bonchev–Trinajstić information content (AvgIpc) is 2.22. The van der Waals surface area contributed by atoms with Gasteiger partial charge < -0.3 is 16.6 Å². The second-order valence-corrected chi connectivity index (χ2v) is 4.03. The van der Waals surface area contributed by atoms with Crippen LogP contribution in [0.2, 0.25) is 5.02 Å². The van der Waals surface area contributed by atoms with Gasteiger partial charge in [-0.15, -0.1) is 12.4 Å². The van der Waals surface area contributed by atoms with Gasteiger partial charge in [-0.05, 0) is 37.6 Å². The Balaban J connectivity index is 0.00000225. The van der Waals surface area contributed by atoms with E-state index in [4.69, 9.17) is 23.1 Å². The molecule has 0 heterocycles. The van der Waals surface area contributed by atoms with Crippen molar-refractivity contribution in [3.63, 3.8) is 0 Å². The summed E-state index contributed by atoms with van der Waals surface area (Å²) in [4.78, 5) is 0. The lowest BCUT2D eigenvalue weighted by molar-refractivity contribution is 0.456. The van der Waals surface area contributed by atoms with E-state index >= 15 is 0 Å². The van der Waals surface area contributed by atoms with E-state index < -0.39 is 0 Å². The third-order valence-corrected chi connectivity index (χ3v) is 2.59. The minimum absolute atomic E-state index is 0. The molecule has 1 rings (SSSR count). The molecule has 1 aromatic rings. The highest BCUT2D eigenvalue weighted by Crippen LogP contribution is 2.28. The Morgan fingerprint density at radius 2 is 2.00 bits per heavy atom. The summed E-state index contributed by atoms with van der Waals surface area (Å²) in [7, 11) is 0. The van der Waals surface area contributed by atoms with Crippen molar-refractivity contribution in [3.05, 3.63) is 28.8 Å². The van der Waals surface area contributed by atoms with Crippen LogP contribution in [0.3, 0.4) is 0 Å². The van der Waals surface area contributed by atoms with Crippen molar-refractivity contribution in [2.75, 3.05) is 6.54 Å². The van der Waals surface area contributed by atoms with E-state index in [0.717, 1.165) is 19.3 Å². The van der Waals surface area contributed by atoms with Crippen molar-refractivity contribution >= 4 is 24.0 Å². The molecular weight excluding hydrogens is 247 g/mol. The quantitative estimate of drug-likeness (QED) is 0.716.